The molecular weight excluding hydrogens is 124 g/mol. The molecule has 2 aliphatic rings. The molecule has 0 atom stereocenters. The summed E-state index contributed by atoms with van der Waals surface area (Å²) in [6.45, 7) is 0.864. The minimum absolute atomic E-state index is 0.864. The van der Waals surface area contributed by atoms with Crippen LogP contribution in [0.15, 0.2) is 35.8 Å². The second kappa shape index (κ2) is 2.21. The van der Waals surface area contributed by atoms with Crippen molar-refractivity contribution in [1.82, 2.24) is 10.6 Å². The van der Waals surface area contributed by atoms with Gasteiger partial charge in [-0.25, -0.2) is 0 Å². The summed E-state index contributed by atoms with van der Waals surface area (Å²) in [6.07, 6.45) is 9.02. The number of allylic oxidation sites excluding steroid dienone is 2. The predicted molar refractivity (Wildman–Crippen MR) is 40.1 cm³/mol. The number of dihydropyridines is 1. The molecule has 2 heterocycles. The van der Waals surface area contributed by atoms with Gasteiger partial charge in [0.05, 0.1) is 6.54 Å². The third kappa shape index (κ3) is 0.817. The highest BCUT2D eigenvalue weighted by Gasteiger charge is 2.08. The molecule has 2 heteroatoms. The van der Waals surface area contributed by atoms with E-state index in [-0.39, 0.29) is 0 Å². The van der Waals surface area contributed by atoms with Crippen molar-refractivity contribution in [3.8, 4) is 0 Å². The van der Waals surface area contributed by atoms with E-state index in [1.165, 1.54) is 11.3 Å². The highest BCUT2D eigenvalue weighted by Crippen LogP contribution is 2.15. The first kappa shape index (κ1) is 5.59. The van der Waals surface area contributed by atoms with E-state index in [0.717, 1.165) is 13.0 Å². The van der Waals surface area contributed by atoms with Crippen LogP contribution in [0.2, 0.25) is 0 Å². The van der Waals surface area contributed by atoms with Gasteiger partial charge in [0.2, 0.25) is 0 Å². The van der Waals surface area contributed by atoms with Crippen LogP contribution in [-0.4, -0.2) is 6.54 Å². The maximum absolute atomic E-state index is 4.15. The molecular formula is C8H9N2. The van der Waals surface area contributed by atoms with E-state index in [0.29, 0.717) is 0 Å². The lowest BCUT2D eigenvalue weighted by Gasteiger charge is -2.17. The van der Waals surface area contributed by atoms with Crippen LogP contribution < -0.4 is 10.6 Å². The van der Waals surface area contributed by atoms with Crippen LogP contribution in [0, 0.1) is 0 Å². The average molecular weight is 133 g/mol. The molecule has 0 unspecified atom stereocenters. The Balaban J connectivity index is 2.25. The lowest BCUT2D eigenvalue weighted by atomic mass is 10.1. The van der Waals surface area contributed by atoms with Gasteiger partial charge in [0, 0.05) is 11.9 Å². The molecule has 0 fully saturated rings. The highest BCUT2D eigenvalue weighted by atomic mass is 14.9. The first-order valence-corrected chi connectivity index (χ1v) is 3.43. The standard InChI is InChI=1S/C8H9N2/c1-2-7-6-9-5-3-8(7)10-4-1/h1,3-5,10H,2,6H2. The quantitative estimate of drug-likeness (QED) is 0.521. The number of hydrogen-bond donors (Lipinski definition) is 1. The molecule has 0 amide bonds. The van der Waals surface area contributed by atoms with Gasteiger partial charge in [0.15, 0.2) is 0 Å². The van der Waals surface area contributed by atoms with E-state index in [1.807, 2.05) is 18.5 Å². The van der Waals surface area contributed by atoms with Crippen LogP contribution in [0.3, 0.4) is 0 Å². The number of nitrogens with zero attached hydrogens (tertiary/aromatic N) is 1. The van der Waals surface area contributed by atoms with Crippen LogP contribution in [0.1, 0.15) is 6.42 Å². The predicted octanol–water partition coefficient (Wildman–Crippen LogP) is 0.879. The largest absolute Gasteiger partial charge is 0.362 e. The minimum Gasteiger partial charge on any atom is -0.362 e. The normalized spacial score (nSPS) is 21.6. The fourth-order valence-corrected chi connectivity index (χ4v) is 1.17. The molecule has 0 aromatic heterocycles. The zero-order valence-corrected chi connectivity index (χ0v) is 5.67. The van der Waals surface area contributed by atoms with Gasteiger partial charge in [-0.2, -0.15) is 0 Å². The van der Waals surface area contributed by atoms with Crippen molar-refractivity contribution in [2.75, 3.05) is 6.54 Å². The van der Waals surface area contributed by atoms with Gasteiger partial charge in [0.25, 0.3) is 0 Å². The minimum atomic E-state index is 0.864. The topological polar surface area (TPSA) is 26.1 Å². The second-order valence-corrected chi connectivity index (χ2v) is 2.42. The lowest BCUT2D eigenvalue weighted by Crippen LogP contribution is -2.18. The van der Waals surface area contributed by atoms with Gasteiger partial charge in [-0.05, 0) is 24.3 Å². The third-order valence-electron chi connectivity index (χ3n) is 1.73. The Morgan fingerprint density at radius 2 is 2.50 bits per heavy atom. The highest BCUT2D eigenvalue weighted by molar-refractivity contribution is 5.33. The molecule has 2 nitrogen and oxygen atoms in total. The lowest BCUT2D eigenvalue weighted by molar-refractivity contribution is 0.821. The molecule has 0 spiro atoms. The Bertz CT molecular complexity index is 223. The fraction of sp³-hybridized carbons (Fsp3) is 0.250. The summed E-state index contributed by atoms with van der Waals surface area (Å²) in [6, 6.07) is 0. The molecule has 0 bridgehead atoms. The Morgan fingerprint density at radius 1 is 1.50 bits per heavy atom. The maximum atomic E-state index is 4.15. The molecule has 0 aliphatic carbocycles. The van der Waals surface area contributed by atoms with Crippen molar-refractivity contribution in [1.29, 1.82) is 0 Å². The first-order chi connectivity index (χ1) is 4.97. The zero-order valence-electron chi connectivity index (χ0n) is 5.67. The number of rotatable bonds is 0. The van der Waals surface area contributed by atoms with Crippen molar-refractivity contribution in [3.05, 3.63) is 35.8 Å². The van der Waals surface area contributed by atoms with E-state index >= 15 is 0 Å². The van der Waals surface area contributed by atoms with Gasteiger partial charge in [-0.1, -0.05) is 6.08 Å². The van der Waals surface area contributed by atoms with Crippen LogP contribution in [0.4, 0.5) is 0 Å². The van der Waals surface area contributed by atoms with Gasteiger partial charge in [0.1, 0.15) is 0 Å². The van der Waals surface area contributed by atoms with Crippen molar-refractivity contribution in [2.24, 2.45) is 0 Å². The zero-order chi connectivity index (χ0) is 6.81. The van der Waals surface area contributed by atoms with E-state index in [2.05, 4.69) is 16.7 Å². The van der Waals surface area contributed by atoms with Crippen molar-refractivity contribution in [2.45, 2.75) is 6.42 Å². The molecule has 1 N–H and O–H groups in total. The monoisotopic (exact) mass is 133 g/mol. The van der Waals surface area contributed by atoms with E-state index in [1.54, 1.807) is 0 Å². The molecule has 1 radical (unpaired) electrons. The summed E-state index contributed by atoms with van der Waals surface area (Å²) in [5, 5.41) is 7.32. The molecule has 10 heavy (non-hydrogen) atoms. The Kier molecular flexibility index (Phi) is 1.24. The third-order valence-corrected chi connectivity index (χ3v) is 1.73. The van der Waals surface area contributed by atoms with Crippen molar-refractivity contribution >= 4 is 0 Å². The Morgan fingerprint density at radius 3 is 3.40 bits per heavy atom. The summed E-state index contributed by atoms with van der Waals surface area (Å²) in [4.78, 5) is 0. The van der Waals surface area contributed by atoms with E-state index in [4.69, 9.17) is 0 Å². The van der Waals surface area contributed by atoms with Crippen molar-refractivity contribution < 1.29 is 0 Å². The van der Waals surface area contributed by atoms with Gasteiger partial charge in [-0.15, -0.1) is 0 Å². The van der Waals surface area contributed by atoms with Gasteiger partial charge >= 0.3 is 0 Å². The summed E-state index contributed by atoms with van der Waals surface area (Å²) < 4.78 is 0. The average Bonchev–Trinajstić information content (AvgIpc) is 2.05. The van der Waals surface area contributed by atoms with Gasteiger partial charge < -0.3 is 5.32 Å². The maximum Gasteiger partial charge on any atom is 0.0625 e. The van der Waals surface area contributed by atoms with E-state index in [9.17, 15) is 0 Å². The summed E-state index contributed by atoms with van der Waals surface area (Å²) in [7, 11) is 0. The molecule has 2 rings (SSSR count). The summed E-state index contributed by atoms with van der Waals surface area (Å²) in [5.41, 5.74) is 2.63. The molecule has 0 aromatic carbocycles. The van der Waals surface area contributed by atoms with Crippen LogP contribution in [0.5, 0.6) is 0 Å². The van der Waals surface area contributed by atoms with Gasteiger partial charge in [-0.3, -0.25) is 5.32 Å². The number of nitrogens with one attached hydrogen (secondary N) is 1. The summed E-state index contributed by atoms with van der Waals surface area (Å²) in [5.74, 6) is 0. The van der Waals surface area contributed by atoms with Crippen LogP contribution in [0.25, 0.3) is 0 Å². The first-order valence-electron chi connectivity index (χ1n) is 3.43. The molecule has 51 valence electrons. The molecule has 0 aromatic rings. The fourth-order valence-electron chi connectivity index (χ4n) is 1.17. The molecule has 0 saturated heterocycles. The molecule has 2 aliphatic heterocycles. The number of hydrogen-bond acceptors (Lipinski definition) is 1. The van der Waals surface area contributed by atoms with Crippen molar-refractivity contribution in [3.63, 3.8) is 0 Å². The Labute approximate surface area is 60.3 Å². The SMILES string of the molecule is C1=CNC2=C(C1)C[N]C=C2. The van der Waals surface area contributed by atoms with Crippen LogP contribution >= 0.6 is 0 Å². The Hall–Kier alpha value is -1.18. The summed E-state index contributed by atoms with van der Waals surface area (Å²) >= 11 is 0. The molecule has 0 saturated carbocycles. The van der Waals surface area contributed by atoms with E-state index < -0.39 is 0 Å². The smallest absolute Gasteiger partial charge is 0.0625 e. The van der Waals surface area contributed by atoms with Crippen LogP contribution in [-0.2, 0) is 0 Å². The second-order valence-electron chi connectivity index (χ2n) is 2.42.